The van der Waals surface area contributed by atoms with Crippen LogP contribution in [0.25, 0.3) is 0 Å². The zero-order valence-electron chi connectivity index (χ0n) is 16.3. The average Bonchev–Trinajstić information content (AvgIpc) is 3.43. The van der Waals surface area contributed by atoms with Gasteiger partial charge in [-0.1, -0.05) is 0 Å². The molecule has 0 bridgehead atoms. The largest absolute Gasteiger partial charge is 0.356 e. The number of hydrogen-bond donors (Lipinski definition) is 0. The molecule has 0 unspecified atom stereocenters. The molecule has 2 fully saturated rings. The Bertz CT molecular complexity index is 801. The summed E-state index contributed by atoms with van der Waals surface area (Å²) < 4.78 is 2.11. The minimum atomic E-state index is 1.02. The lowest BCUT2D eigenvalue weighted by atomic mass is 10.2. The Morgan fingerprint density at radius 2 is 1.56 bits per heavy atom. The van der Waals surface area contributed by atoms with Gasteiger partial charge >= 0.3 is 0 Å². The summed E-state index contributed by atoms with van der Waals surface area (Å²) >= 11 is 0. The first-order chi connectivity index (χ1) is 13.3. The van der Waals surface area contributed by atoms with Crippen LogP contribution in [0.1, 0.15) is 36.2 Å². The van der Waals surface area contributed by atoms with E-state index in [2.05, 4.69) is 42.5 Å². The van der Waals surface area contributed by atoms with Gasteiger partial charge in [0.25, 0.3) is 0 Å². The number of anilines is 2. The SMILES string of the molecule is Cn1nc2c(c1CN1CCN(c3cc(N4CCCC4)ncn3)CC1)CCC2. The third kappa shape index (κ3) is 3.29. The van der Waals surface area contributed by atoms with Gasteiger partial charge in [0, 0.05) is 58.9 Å². The summed E-state index contributed by atoms with van der Waals surface area (Å²) in [6, 6.07) is 2.18. The molecule has 0 atom stereocenters. The van der Waals surface area contributed by atoms with E-state index in [1.807, 2.05) is 0 Å². The highest BCUT2D eigenvalue weighted by atomic mass is 15.3. The van der Waals surface area contributed by atoms with Crippen molar-refractivity contribution in [3.8, 4) is 0 Å². The quantitative estimate of drug-likeness (QED) is 0.819. The van der Waals surface area contributed by atoms with Crippen molar-refractivity contribution in [2.24, 2.45) is 7.05 Å². The Labute approximate surface area is 161 Å². The third-order valence-corrected chi connectivity index (χ3v) is 6.34. The van der Waals surface area contributed by atoms with E-state index in [9.17, 15) is 0 Å². The highest BCUT2D eigenvalue weighted by Gasteiger charge is 2.25. The van der Waals surface area contributed by atoms with Crippen molar-refractivity contribution in [2.45, 2.75) is 38.6 Å². The predicted molar refractivity (Wildman–Crippen MR) is 106 cm³/mol. The minimum absolute atomic E-state index is 1.02. The third-order valence-electron chi connectivity index (χ3n) is 6.34. The van der Waals surface area contributed by atoms with Crippen LogP contribution in [0.3, 0.4) is 0 Å². The van der Waals surface area contributed by atoms with E-state index in [0.717, 1.165) is 63.9 Å². The number of fused-ring (bicyclic) bond motifs is 1. The first-order valence-electron chi connectivity index (χ1n) is 10.4. The molecule has 2 aliphatic heterocycles. The van der Waals surface area contributed by atoms with E-state index >= 15 is 0 Å². The predicted octanol–water partition coefficient (Wildman–Crippen LogP) is 1.62. The molecule has 0 aromatic carbocycles. The van der Waals surface area contributed by atoms with Gasteiger partial charge in [-0.3, -0.25) is 9.58 Å². The van der Waals surface area contributed by atoms with Crippen LogP contribution in [0.15, 0.2) is 12.4 Å². The van der Waals surface area contributed by atoms with Crippen molar-refractivity contribution in [1.82, 2.24) is 24.6 Å². The lowest BCUT2D eigenvalue weighted by Gasteiger charge is -2.35. The second-order valence-corrected chi connectivity index (χ2v) is 8.04. The molecular weight excluding hydrogens is 338 g/mol. The number of hydrogen-bond acceptors (Lipinski definition) is 6. The molecule has 1 aliphatic carbocycles. The van der Waals surface area contributed by atoms with Crippen LogP contribution in [0.4, 0.5) is 11.6 Å². The van der Waals surface area contributed by atoms with Crippen molar-refractivity contribution < 1.29 is 0 Å². The number of rotatable bonds is 4. The van der Waals surface area contributed by atoms with Crippen molar-refractivity contribution in [1.29, 1.82) is 0 Å². The van der Waals surface area contributed by atoms with Crippen molar-refractivity contribution in [3.63, 3.8) is 0 Å². The lowest BCUT2D eigenvalue weighted by Crippen LogP contribution is -2.46. The number of piperazine rings is 1. The van der Waals surface area contributed by atoms with Crippen LogP contribution in [0.2, 0.25) is 0 Å². The molecule has 7 nitrogen and oxygen atoms in total. The van der Waals surface area contributed by atoms with Crippen LogP contribution in [0, 0.1) is 0 Å². The summed E-state index contributed by atoms with van der Waals surface area (Å²) in [7, 11) is 2.10. The molecule has 0 N–H and O–H groups in total. The molecule has 0 saturated carbocycles. The normalized spacial score (nSPS) is 20.5. The summed E-state index contributed by atoms with van der Waals surface area (Å²) in [5.41, 5.74) is 4.28. The Balaban J connectivity index is 1.22. The fourth-order valence-corrected chi connectivity index (χ4v) is 4.76. The minimum Gasteiger partial charge on any atom is -0.356 e. The number of nitrogens with zero attached hydrogens (tertiary/aromatic N) is 7. The van der Waals surface area contributed by atoms with Crippen LogP contribution >= 0.6 is 0 Å². The Morgan fingerprint density at radius 1 is 0.852 bits per heavy atom. The van der Waals surface area contributed by atoms with Crippen LogP contribution in [-0.4, -0.2) is 63.9 Å². The number of aromatic nitrogens is 4. The molecular formula is C20H29N7. The lowest BCUT2D eigenvalue weighted by molar-refractivity contribution is 0.242. The van der Waals surface area contributed by atoms with Gasteiger partial charge in [-0.2, -0.15) is 5.10 Å². The molecule has 144 valence electrons. The second kappa shape index (κ2) is 7.11. The van der Waals surface area contributed by atoms with E-state index in [1.165, 1.54) is 42.6 Å². The molecule has 3 aliphatic rings. The molecule has 2 aromatic rings. The van der Waals surface area contributed by atoms with Gasteiger partial charge in [-0.15, -0.1) is 0 Å². The summed E-state index contributed by atoms with van der Waals surface area (Å²) in [6.07, 6.45) is 7.91. The first-order valence-corrected chi connectivity index (χ1v) is 10.4. The Hall–Kier alpha value is -2.15. The fraction of sp³-hybridized carbons (Fsp3) is 0.650. The standard InChI is InChI=1S/C20H29N7/c1-24-18(16-5-4-6-17(16)23-24)14-25-9-11-27(12-10-25)20-13-19(21-15-22-20)26-7-2-3-8-26/h13,15H,2-12,14H2,1H3. The molecule has 0 spiro atoms. The van der Waals surface area contributed by atoms with Gasteiger partial charge in [-0.25, -0.2) is 9.97 Å². The van der Waals surface area contributed by atoms with Crippen LogP contribution in [0.5, 0.6) is 0 Å². The monoisotopic (exact) mass is 367 g/mol. The van der Waals surface area contributed by atoms with Gasteiger partial charge in [0.2, 0.25) is 0 Å². The second-order valence-electron chi connectivity index (χ2n) is 8.04. The molecule has 2 saturated heterocycles. The molecule has 27 heavy (non-hydrogen) atoms. The molecule has 5 rings (SSSR count). The summed E-state index contributed by atoms with van der Waals surface area (Å²) in [5.74, 6) is 2.17. The van der Waals surface area contributed by atoms with E-state index < -0.39 is 0 Å². The summed E-state index contributed by atoms with van der Waals surface area (Å²) in [5, 5.41) is 4.72. The van der Waals surface area contributed by atoms with Gasteiger partial charge < -0.3 is 9.80 Å². The smallest absolute Gasteiger partial charge is 0.134 e. The first kappa shape index (κ1) is 17.0. The van der Waals surface area contributed by atoms with Crippen molar-refractivity contribution in [3.05, 3.63) is 29.3 Å². The van der Waals surface area contributed by atoms with Crippen molar-refractivity contribution in [2.75, 3.05) is 49.1 Å². The van der Waals surface area contributed by atoms with Crippen LogP contribution in [-0.2, 0) is 26.4 Å². The van der Waals surface area contributed by atoms with E-state index in [0.29, 0.717) is 0 Å². The molecule has 2 aromatic heterocycles. The topological polar surface area (TPSA) is 53.3 Å². The van der Waals surface area contributed by atoms with Gasteiger partial charge in [-0.05, 0) is 37.7 Å². The highest BCUT2D eigenvalue weighted by molar-refractivity contribution is 5.50. The van der Waals surface area contributed by atoms with E-state index in [-0.39, 0.29) is 0 Å². The Morgan fingerprint density at radius 3 is 2.30 bits per heavy atom. The summed E-state index contributed by atoms with van der Waals surface area (Å²) in [6.45, 7) is 7.47. The number of aryl methyl sites for hydroxylation is 2. The van der Waals surface area contributed by atoms with Gasteiger partial charge in [0.1, 0.15) is 18.0 Å². The molecule has 7 heteroatoms. The van der Waals surface area contributed by atoms with Gasteiger partial charge in [0.05, 0.1) is 11.4 Å². The summed E-state index contributed by atoms with van der Waals surface area (Å²) in [4.78, 5) is 16.4. The zero-order valence-corrected chi connectivity index (χ0v) is 16.3. The maximum absolute atomic E-state index is 4.72. The highest BCUT2D eigenvalue weighted by Crippen LogP contribution is 2.26. The fourth-order valence-electron chi connectivity index (χ4n) is 4.76. The Kier molecular flexibility index (Phi) is 4.47. The van der Waals surface area contributed by atoms with E-state index in [4.69, 9.17) is 5.10 Å². The van der Waals surface area contributed by atoms with Crippen molar-refractivity contribution >= 4 is 11.6 Å². The molecule has 4 heterocycles. The zero-order chi connectivity index (χ0) is 18.2. The van der Waals surface area contributed by atoms with E-state index in [1.54, 1.807) is 6.33 Å². The molecule has 0 radical (unpaired) electrons. The maximum atomic E-state index is 4.72. The van der Waals surface area contributed by atoms with Crippen LogP contribution < -0.4 is 9.80 Å². The molecule has 0 amide bonds. The maximum Gasteiger partial charge on any atom is 0.134 e. The average molecular weight is 368 g/mol. The van der Waals surface area contributed by atoms with Gasteiger partial charge in [0.15, 0.2) is 0 Å².